The van der Waals surface area contributed by atoms with Gasteiger partial charge in [-0.1, -0.05) is 34.8 Å². The number of nitrogens with zero attached hydrogens (tertiary/aromatic N) is 2. The molecule has 1 aromatic carbocycles. The maximum atomic E-state index is 5.97. The second kappa shape index (κ2) is 5.93. The zero-order chi connectivity index (χ0) is 13.1. The summed E-state index contributed by atoms with van der Waals surface area (Å²) in [5.41, 5.74) is 0.657. The van der Waals surface area contributed by atoms with Gasteiger partial charge in [0.1, 0.15) is 5.75 Å². The van der Waals surface area contributed by atoms with Crippen molar-refractivity contribution in [3.8, 4) is 11.6 Å². The van der Waals surface area contributed by atoms with Crippen LogP contribution in [0.4, 0.5) is 0 Å². The topological polar surface area (TPSA) is 35.0 Å². The van der Waals surface area contributed by atoms with E-state index in [9.17, 15) is 0 Å². The standard InChI is InChI=1S/C11H6Cl4N2O/c12-3-6-4-17-11(5-16-6)18-10-2-8(14)7(13)1-9(10)15/h1-2,4-5H,3H2. The summed E-state index contributed by atoms with van der Waals surface area (Å²) >= 11 is 23.3. The first kappa shape index (κ1) is 13.7. The van der Waals surface area contributed by atoms with E-state index in [0.29, 0.717) is 38.3 Å². The molecule has 2 aromatic rings. The minimum atomic E-state index is 0.292. The van der Waals surface area contributed by atoms with Crippen LogP contribution in [-0.2, 0) is 5.88 Å². The molecule has 0 spiro atoms. The lowest BCUT2D eigenvalue weighted by Crippen LogP contribution is -1.92. The number of benzene rings is 1. The van der Waals surface area contributed by atoms with Crippen LogP contribution in [-0.4, -0.2) is 9.97 Å². The normalized spacial score (nSPS) is 10.4. The SMILES string of the molecule is ClCc1cnc(Oc2cc(Cl)c(Cl)cc2Cl)cn1. The Morgan fingerprint density at radius 2 is 1.67 bits per heavy atom. The molecule has 0 fully saturated rings. The molecule has 0 N–H and O–H groups in total. The van der Waals surface area contributed by atoms with Crippen LogP contribution in [0.3, 0.4) is 0 Å². The molecule has 0 aliphatic carbocycles. The van der Waals surface area contributed by atoms with Crippen LogP contribution in [0.5, 0.6) is 11.6 Å². The third-order valence-electron chi connectivity index (χ3n) is 2.01. The van der Waals surface area contributed by atoms with E-state index < -0.39 is 0 Å². The first-order valence-electron chi connectivity index (χ1n) is 4.79. The summed E-state index contributed by atoms with van der Waals surface area (Å²) in [6, 6.07) is 3.02. The number of halogens is 4. The Bertz CT molecular complexity index is 560. The van der Waals surface area contributed by atoms with Crippen molar-refractivity contribution >= 4 is 46.4 Å². The van der Waals surface area contributed by atoms with Crippen molar-refractivity contribution in [2.24, 2.45) is 0 Å². The Kier molecular flexibility index (Phi) is 4.51. The van der Waals surface area contributed by atoms with Crippen LogP contribution in [0.25, 0.3) is 0 Å². The molecule has 0 saturated carbocycles. The first-order chi connectivity index (χ1) is 8.60. The predicted molar refractivity (Wildman–Crippen MR) is 73.1 cm³/mol. The van der Waals surface area contributed by atoms with Gasteiger partial charge in [-0.15, -0.1) is 11.6 Å². The Morgan fingerprint density at radius 1 is 0.944 bits per heavy atom. The summed E-state index contributed by atoms with van der Waals surface area (Å²) in [4.78, 5) is 8.08. The molecule has 0 radical (unpaired) electrons. The van der Waals surface area contributed by atoms with E-state index in [1.54, 1.807) is 0 Å². The smallest absolute Gasteiger partial charge is 0.237 e. The van der Waals surface area contributed by atoms with Gasteiger partial charge < -0.3 is 4.74 Å². The van der Waals surface area contributed by atoms with Crippen molar-refractivity contribution in [2.45, 2.75) is 5.88 Å². The van der Waals surface area contributed by atoms with Crippen LogP contribution in [0.15, 0.2) is 24.5 Å². The van der Waals surface area contributed by atoms with Crippen molar-refractivity contribution in [1.82, 2.24) is 9.97 Å². The second-order valence-corrected chi connectivity index (χ2v) is 4.77. The second-order valence-electron chi connectivity index (χ2n) is 3.28. The van der Waals surface area contributed by atoms with Crippen LogP contribution in [0.1, 0.15) is 5.69 Å². The molecular formula is C11H6Cl4N2O. The molecule has 2 rings (SSSR count). The lowest BCUT2D eigenvalue weighted by molar-refractivity contribution is 0.460. The van der Waals surface area contributed by atoms with E-state index in [1.165, 1.54) is 24.5 Å². The molecule has 0 atom stereocenters. The molecule has 3 nitrogen and oxygen atoms in total. The highest BCUT2D eigenvalue weighted by molar-refractivity contribution is 6.43. The third kappa shape index (κ3) is 3.18. The summed E-state index contributed by atoms with van der Waals surface area (Å²) in [6.45, 7) is 0. The van der Waals surface area contributed by atoms with Gasteiger partial charge in [0.05, 0.1) is 39.0 Å². The number of ether oxygens (including phenoxy) is 1. The fourth-order valence-electron chi connectivity index (χ4n) is 1.16. The minimum absolute atomic E-state index is 0.292. The van der Waals surface area contributed by atoms with Crippen LogP contribution in [0, 0.1) is 0 Å². The van der Waals surface area contributed by atoms with Gasteiger partial charge in [0.25, 0.3) is 0 Å². The van der Waals surface area contributed by atoms with Crippen molar-refractivity contribution in [3.63, 3.8) is 0 Å². The Labute approximate surface area is 124 Å². The zero-order valence-corrected chi connectivity index (χ0v) is 11.9. The molecule has 1 heterocycles. The van der Waals surface area contributed by atoms with E-state index in [0.717, 1.165) is 0 Å². The lowest BCUT2D eigenvalue weighted by atomic mass is 10.3. The van der Waals surface area contributed by atoms with Crippen molar-refractivity contribution in [3.05, 3.63) is 45.3 Å². The average Bonchev–Trinajstić information content (AvgIpc) is 2.37. The van der Waals surface area contributed by atoms with Crippen molar-refractivity contribution in [2.75, 3.05) is 0 Å². The molecule has 0 bridgehead atoms. The Hall–Kier alpha value is -0.740. The highest BCUT2D eigenvalue weighted by Gasteiger charge is 2.09. The molecule has 0 saturated heterocycles. The summed E-state index contributed by atoms with van der Waals surface area (Å²) in [5.74, 6) is 0.948. The van der Waals surface area contributed by atoms with Gasteiger partial charge in [-0.25, -0.2) is 4.98 Å². The van der Waals surface area contributed by atoms with Crippen molar-refractivity contribution in [1.29, 1.82) is 0 Å². The van der Waals surface area contributed by atoms with Gasteiger partial charge in [0.2, 0.25) is 5.88 Å². The summed E-state index contributed by atoms with van der Waals surface area (Å²) in [7, 11) is 0. The molecule has 94 valence electrons. The van der Waals surface area contributed by atoms with E-state index in [2.05, 4.69) is 9.97 Å². The molecule has 0 amide bonds. The molecule has 0 aliphatic rings. The number of hydrogen-bond donors (Lipinski definition) is 0. The van der Waals surface area contributed by atoms with Gasteiger partial charge in [-0.2, -0.15) is 0 Å². The first-order valence-corrected chi connectivity index (χ1v) is 6.46. The quantitative estimate of drug-likeness (QED) is 0.591. The fraction of sp³-hybridized carbons (Fsp3) is 0.0909. The minimum Gasteiger partial charge on any atom is -0.436 e. The van der Waals surface area contributed by atoms with Gasteiger partial charge in [0.15, 0.2) is 0 Å². The van der Waals surface area contributed by atoms with Crippen molar-refractivity contribution < 1.29 is 4.74 Å². The molecule has 0 aliphatic heterocycles. The predicted octanol–water partition coefficient (Wildman–Crippen LogP) is 4.97. The number of aromatic nitrogens is 2. The van der Waals surface area contributed by atoms with Crippen LogP contribution < -0.4 is 4.74 Å². The average molecular weight is 324 g/mol. The largest absolute Gasteiger partial charge is 0.436 e. The highest BCUT2D eigenvalue weighted by atomic mass is 35.5. The van der Waals surface area contributed by atoms with E-state index in [-0.39, 0.29) is 0 Å². The molecule has 18 heavy (non-hydrogen) atoms. The Morgan fingerprint density at radius 3 is 2.28 bits per heavy atom. The molecular weight excluding hydrogens is 318 g/mol. The summed E-state index contributed by atoms with van der Waals surface area (Å²) in [5, 5.41) is 1.05. The summed E-state index contributed by atoms with van der Waals surface area (Å²) in [6.07, 6.45) is 2.98. The number of alkyl halides is 1. The Balaban J connectivity index is 2.25. The maximum absolute atomic E-state index is 5.97. The number of rotatable bonds is 3. The van der Waals surface area contributed by atoms with E-state index in [4.69, 9.17) is 51.1 Å². The number of hydrogen-bond acceptors (Lipinski definition) is 3. The van der Waals surface area contributed by atoms with Crippen LogP contribution >= 0.6 is 46.4 Å². The van der Waals surface area contributed by atoms with Gasteiger partial charge >= 0.3 is 0 Å². The monoisotopic (exact) mass is 322 g/mol. The fourth-order valence-corrected chi connectivity index (χ4v) is 1.87. The lowest BCUT2D eigenvalue weighted by Gasteiger charge is -2.07. The molecule has 0 unspecified atom stereocenters. The maximum Gasteiger partial charge on any atom is 0.237 e. The molecule has 1 aromatic heterocycles. The highest BCUT2D eigenvalue weighted by Crippen LogP contribution is 2.35. The van der Waals surface area contributed by atoms with E-state index in [1.807, 2.05) is 0 Å². The zero-order valence-electron chi connectivity index (χ0n) is 8.83. The van der Waals surface area contributed by atoms with Gasteiger partial charge in [0, 0.05) is 6.07 Å². The van der Waals surface area contributed by atoms with E-state index >= 15 is 0 Å². The third-order valence-corrected chi connectivity index (χ3v) is 3.30. The van der Waals surface area contributed by atoms with Crippen LogP contribution in [0.2, 0.25) is 15.1 Å². The molecule has 7 heteroatoms. The summed E-state index contributed by atoms with van der Waals surface area (Å²) < 4.78 is 5.45. The van der Waals surface area contributed by atoms with Gasteiger partial charge in [-0.05, 0) is 6.07 Å². The van der Waals surface area contributed by atoms with Gasteiger partial charge in [-0.3, -0.25) is 4.98 Å².